The van der Waals surface area contributed by atoms with E-state index in [9.17, 15) is 4.79 Å². The third-order valence-corrected chi connectivity index (χ3v) is 4.71. The third kappa shape index (κ3) is 2.48. The molecule has 7 heteroatoms. The van der Waals surface area contributed by atoms with E-state index in [4.69, 9.17) is 15.8 Å². The monoisotopic (exact) mass is 305 g/mol. The Morgan fingerprint density at radius 3 is 2.41 bits per heavy atom. The summed E-state index contributed by atoms with van der Waals surface area (Å²) in [5.74, 6) is -0.965. The van der Waals surface area contributed by atoms with E-state index in [1.807, 2.05) is 33.8 Å². The van der Waals surface area contributed by atoms with Crippen LogP contribution in [-0.2, 0) is 9.31 Å². The summed E-state index contributed by atoms with van der Waals surface area (Å²) in [6.07, 6.45) is 0.652. The maximum atomic E-state index is 10.8. The highest BCUT2D eigenvalue weighted by Crippen LogP contribution is 2.36. The summed E-state index contributed by atoms with van der Waals surface area (Å²) in [4.78, 5) is 16.4. The van der Waals surface area contributed by atoms with Crippen molar-refractivity contribution in [2.75, 3.05) is 13.1 Å². The number of nitrogens with zero attached hydrogens (tertiary/aromatic N) is 2. The Bertz CT molecular complexity index is 613. The first-order chi connectivity index (χ1) is 10.5. The summed E-state index contributed by atoms with van der Waals surface area (Å²) >= 11 is 0. The number of carboxylic acid groups (broad SMARTS) is 1. The van der Waals surface area contributed by atoms with Crippen LogP contribution >= 0.6 is 0 Å². The summed E-state index contributed by atoms with van der Waals surface area (Å²) in [7, 11) is -0.486. The molecule has 3 rings (SSSR count). The van der Waals surface area contributed by atoms with E-state index >= 15 is 0 Å². The van der Waals surface area contributed by atoms with E-state index in [0.717, 1.165) is 5.46 Å². The molecule has 0 atom stereocenters. The van der Waals surface area contributed by atoms with Gasteiger partial charge in [0.15, 0.2) is 0 Å². The van der Waals surface area contributed by atoms with Crippen LogP contribution in [0.3, 0.4) is 0 Å². The Hall–Kier alpha value is -1.60. The van der Waals surface area contributed by atoms with Crippen molar-refractivity contribution < 1.29 is 20.6 Å². The SMILES string of the molecule is [2H]C1(c2ccc(B3OC(C)(C)C(C)(C)O3)cn2)CN(C(=O)O)C1. The van der Waals surface area contributed by atoms with Gasteiger partial charge in [-0.15, -0.1) is 0 Å². The topological polar surface area (TPSA) is 71.9 Å². The molecule has 1 N–H and O–H groups in total. The lowest BCUT2D eigenvalue weighted by molar-refractivity contribution is 0.00578. The lowest BCUT2D eigenvalue weighted by atomic mass is 9.80. The highest BCUT2D eigenvalue weighted by molar-refractivity contribution is 6.62. The molecule has 22 heavy (non-hydrogen) atoms. The Kier molecular flexibility index (Phi) is 3.16. The second-order valence-electron chi connectivity index (χ2n) is 6.81. The number of likely N-dealkylation sites (tertiary alicyclic amines) is 1. The van der Waals surface area contributed by atoms with Crippen LogP contribution in [0, 0.1) is 0 Å². The van der Waals surface area contributed by atoms with E-state index in [1.165, 1.54) is 4.90 Å². The van der Waals surface area contributed by atoms with Gasteiger partial charge in [0, 0.05) is 37.7 Å². The number of pyridine rings is 1. The van der Waals surface area contributed by atoms with Crippen molar-refractivity contribution in [1.29, 1.82) is 0 Å². The molecule has 0 radical (unpaired) electrons. The van der Waals surface area contributed by atoms with Gasteiger partial charge in [0.2, 0.25) is 0 Å². The standard InChI is InChI=1S/C15H21BN2O4/c1-14(2)15(3,4)22-16(21-14)11-5-6-12(17-7-11)10-8-18(9-10)13(19)20/h5-7,10H,8-9H2,1-4H3,(H,19,20)/i10D. The molecule has 118 valence electrons. The van der Waals surface area contributed by atoms with Gasteiger partial charge in [0.1, 0.15) is 0 Å². The lowest BCUT2D eigenvalue weighted by Crippen LogP contribution is -2.48. The van der Waals surface area contributed by atoms with Crippen molar-refractivity contribution in [2.24, 2.45) is 0 Å². The molecule has 2 aliphatic heterocycles. The molecule has 2 aliphatic rings. The van der Waals surface area contributed by atoms with Gasteiger partial charge in [-0.3, -0.25) is 4.98 Å². The quantitative estimate of drug-likeness (QED) is 0.838. The number of amides is 1. The molecular formula is C15H21BN2O4. The van der Waals surface area contributed by atoms with Gasteiger partial charge in [-0.25, -0.2) is 4.79 Å². The van der Waals surface area contributed by atoms with Crippen molar-refractivity contribution in [3.05, 3.63) is 24.0 Å². The number of carbonyl (C=O) groups is 1. The van der Waals surface area contributed by atoms with Crippen LogP contribution in [0.5, 0.6) is 0 Å². The highest BCUT2D eigenvalue weighted by atomic mass is 16.7. The minimum atomic E-state index is -0.998. The van der Waals surface area contributed by atoms with E-state index in [1.54, 1.807) is 12.3 Å². The van der Waals surface area contributed by atoms with Crippen LogP contribution in [0.4, 0.5) is 4.79 Å². The zero-order chi connectivity index (χ0) is 17.0. The van der Waals surface area contributed by atoms with Gasteiger partial charge in [0.05, 0.1) is 11.2 Å². The first-order valence-corrected chi connectivity index (χ1v) is 7.34. The van der Waals surface area contributed by atoms with Crippen LogP contribution < -0.4 is 5.46 Å². The van der Waals surface area contributed by atoms with Crippen molar-refractivity contribution in [1.82, 2.24) is 9.88 Å². The molecule has 0 unspecified atom stereocenters. The Balaban J connectivity index is 1.73. The molecule has 0 saturated carbocycles. The molecular weight excluding hydrogens is 283 g/mol. The van der Waals surface area contributed by atoms with Crippen molar-refractivity contribution in [2.45, 2.75) is 44.8 Å². The largest absolute Gasteiger partial charge is 0.496 e. The van der Waals surface area contributed by atoms with Gasteiger partial charge >= 0.3 is 13.2 Å². The third-order valence-electron chi connectivity index (χ3n) is 4.71. The zero-order valence-electron chi connectivity index (χ0n) is 14.3. The Morgan fingerprint density at radius 2 is 1.95 bits per heavy atom. The first kappa shape index (κ1) is 14.0. The highest BCUT2D eigenvalue weighted by Gasteiger charge is 2.51. The van der Waals surface area contributed by atoms with Crippen molar-refractivity contribution >= 4 is 18.7 Å². The average molecular weight is 305 g/mol. The Morgan fingerprint density at radius 1 is 1.36 bits per heavy atom. The van der Waals surface area contributed by atoms with Gasteiger partial charge in [-0.1, -0.05) is 6.07 Å². The molecule has 3 heterocycles. The molecule has 1 aromatic rings. The minimum Gasteiger partial charge on any atom is -0.465 e. The molecule has 0 spiro atoms. The summed E-state index contributed by atoms with van der Waals surface area (Å²) in [6, 6.07) is 3.59. The summed E-state index contributed by atoms with van der Waals surface area (Å²) in [5.41, 5.74) is 0.534. The van der Waals surface area contributed by atoms with Gasteiger partial charge < -0.3 is 19.3 Å². The van der Waals surface area contributed by atoms with Crippen LogP contribution in [0.2, 0.25) is 0 Å². The first-order valence-electron chi connectivity index (χ1n) is 7.84. The predicted molar refractivity (Wildman–Crippen MR) is 82.3 cm³/mol. The number of hydrogen-bond donors (Lipinski definition) is 1. The van der Waals surface area contributed by atoms with Crippen molar-refractivity contribution in [3.8, 4) is 0 Å². The fourth-order valence-electron chi connectivity index (χ4n) is 2.44. The van der Waals surface area contributed by atoms with Gasteiger partial charge in [-0.05, 0) is 33.8 Å². The summed E-state index contributed by atoms with van der Waals surface area (Å²) in [5, 5.41) is 8.89. The molecule has 0 aliphatic carbocycles. The lowest BCUT2D eigenvalue weighted by Gasteiger charge is -2.36. The molecule has 1 aromatic heterocycles. The van der Waals surface area contributed by atoms with E-state index < -0.39 is 30.3 Å². The second-order valence-corrected chi connectivity index (χ2v) is 6.81. The Labute approximate surface area is 132 Å². The maximum absolute atomic E-state index is 10.8. The van der Waals surface area contributed by atoms with Crippen molar-refractivity contribution in [3.63, 3.8) is 0 Å². The van der Waals surface area contributed by atoms with Crippen LogP contribution in [0.15, 0.2) is 18.3 Å². The molecule has 1 amide bonds. The molecule has 0 bridgehead atoms. The van der Waals surface area contributed by atoms with Gasteiger partial charge in [0.25, 0.3) is 0 Å². The average Bonchev–Trinajstić information content (AvgIpc) is 2.64. The fourth-order valence-corrected chi connectivity index (χ4v) is 2.44. The van der Waals surface area contributed by atoms with E-state index in [-0.39, 0.29) is 13.1 Å². The molecule has 2 fully saturated rings. The second kappa shape index (κ2) is 4.96. The van der Waals surface area contributed by atoms with Crippen LogP contribution in [0.1, 0.15) is 40.7 Å². The zero-order valence-corrected chi connectivity index (χ0v) is 13.3. The number of rotatable bonds is 2. The van der Waals surface area contributed by atoms with Crippen LogP contribution in [0.25, 0.3) is 0 Å². The smallest absolute Gasteiger partial charge is 0.465 e. The predicted octanol–water partition coefficient (Wildman–Crippen LogP) is 1.46. The normalized spacial score (nSPS) is 25.5. The minimum absolute atomic E-state index is 0.144. The summed E-state index contributed by atoms with van der Waals surface area (Å²) in [6.45, 7) is 8.24. The molecule has 2 saturated heterocycles. The molecule has 6 nitrogen and oxygen atoms in total. The fraction of sp³-hybridized carbons (Fsp3) is 0.600. The molecule has 0 aromatic carbocycles. The number of aromatic nitrogens is 1. The maximum Gasteiger partial charge on any atom is 0.496 e. The van der Waals surface area contributed by atoms with E-state index in [2.05, 4.69) is 4.98 Å². The van der Waals surface area contributed by atoms with Gasteiger partial charge in [-0.2, -0.15) is 0 Å². The summed E-state index contributed by atoms with van der Waals surface area (Å²) < 4.78 is 20.2. The number of hydrogen-bond acceptors (Lipinski definition) is 4. The van der Waals surface area contributed by atoms with E-state index in [0.29, 0.717) is 5.69 Å². The van der Waals surface area contributed by atoms with Crippen LogP contribution in [-0.4, -0.2) is 52.5 Å².